The van der Waals surface area contributed by atoms with Gasteiger partial charge in [0.15, 0.2) is 0 Å². The first kappa shape index (κ1) is 14.4. The Hall–Kier alpha value is -2.06. The number of hydrogen-bond acceptors (Lipinski definition) is 4. The molecule has 0 spiro atoms. The number of likely N-dealkylation sites (tertiary alicyclic amines) is 1. The van der Waals surface area contributed by atoms with Crippen LogP contribution in [0, 0.1) is 11.3 Å². The van der Waals surface area contributed by atoms with E-state index in [1.807, 2.05) is 7.05 Å². The van der Waals surface area contributed by atoms with Gasteiger partial charge in [-0.15, -0.1) is 0 Å². The maximum Gasteiger partial charge on any atom is 0.335 e. The average Bonchev–Trinajstić information content (AvgIpc) is 2.45. The molecule has 0 radical (unpaired) electrons. The number of nitrogens with zero attached hydrogens (tertiary/aromatic N) is 3. The molecule has 1 atom stereocenters. The summed E-state index contributed by atoms with van der Waals surface area (Å²) in [7, 11) is 4.07. The van der Waals surface area contributed by atoms with Gasteiger partial charge in [0.1, 0.15) is 6.07 Å². The van der Waals surface area contributed by atoms with Crippen molar-refractivity contribution in [3.8, 4) is 6.07 Å². The van der Waals surface area contributed by atoms with Crippen LogP contribution in [0.5, 0.6) is 0 Å². The van der Waals surface area contributed by atoms with E-state index < -0.39 is 5.97 Å². The summed E-state index contributed by atoms with van der Waals surface area (Å²) in [5, 5.41) is 18.2. The summed E-state index contributed by atoms with van der Waals surface area (Å²) in [5.74, 6) is -1.01. The quantitative estimate of drug-likeness (QED) is 0.909. The van der Waals surface area contributed by atoms with Crippen molar-refractivity contribution in [3.63, 3.8) is 0 Å². The summed E-state index contributed by atoms with van der Waals surface area (Å²) in [5.41, 5.74) is 1.37. The van der Waals surface area contributed by atoms with Crippen molar-refractivity contribution in [2.24, 2.45) is 0 Å². The summed E-state index contributed by atoms with van der Waals surface area (Å²) in [6.45, 7) is 2.06. The van der Waals surface area contributed by atoms with E-state index in [2.05, 4.69) is 22.9 Å². The van der Waals surface area contributed by atoms with Crippen molar-refractivity contribution in [1.82, 2.24) is 4.90 Å². The molecule has 1 unspecified atom stereocenters. The Morgan fingerprint density at radius 2 is 2.30 bits per heavy atom. The third-order valence-corrected chi connectivity index (χ3v) is 3.89. The molecular weight excluding hydrogens is 254 g/mol. The van der Waals surface area contributed by atoms with Gasteiger partial charge in [-0.1, -0.05) is 0 Å². The predicted octanol–water partition coefficient (Wildman–Crippen LogP) is 1.79. The second kappa shape index (κ2) is 5.93. The van der Waals surface area contributed by atoms with Crippen molar-refractivity contribution < 1.29 is 9.90 Å². The number of hydrogen-bond donors (Lipinski definition) is 1. The molecule has 106 valence electrons. The number of carbonyl (C=O) groups is 1. The molecule has 0 amide bonds. The minimum atomic E-state index is -1.01. The summed E-state index contributed by atoms with van der Waals surface area (Å²) >= 11 is 0. The first-order chi connectivity index (χ1) is 9.52. The highest BCUT2D eigenvalue weighted by Gasteiger charge is 2.23. The van der Waals surface area contributed by atoms with E-state index in [0.717, 1.165) is 31.6 Å². The molecule has 2 rings (SSSR count). The van der Waals surface area contributed by atoms with Gasteiger partial charge in [0.2, 0.25) is 0 Å². The topological polar surface area (TPSA) is 67.6 Å². The first-order valence-electron chi connectivity index (χ1n) is 6.71. The van der Waals surface area contributed by atoms with Gasteiger partial charge in [-0.05, 0) is 44.6 Å². The number of likely N-dealkylation sites (N-methyl/N-ethyl adjacent to an activating group) is 2. The summed E-state index contributed by atoms with van der Waals surface area (Å²) in [4.78, 5) is 15.3. The Morgan fingerprint density at radius 1 is 1.55 bits per heavy atom. The molecule has 1 N–H and O–H groups in total. The van der Waals surface area contributed by atoms with Crippen LogP contribution in [0.3, 0.4) is 0 Å². The van der Waals surface area contributed by atoms with E-state index in [0.29, 0.717) is 11.6 Å². The Labute approximate surface area is 119 Å². The molecule has 20 heavy (non-hydrogen) atoms. The minimum absolute atomic E-state index is 0.152. The van der Waals surface area contributed by atoms with E-state index in [9.17, 15) is 10.1 Å². The lowest BCUT2D eigenvalue weighted by Gasteiger charge is -2.37. The monoisotopic (exact) mass is 273 g/mol. The number of anilines is 1. The molecule has 0 saturated carbocycles. The van der Waals surface area contributed by atoms with Crippen LogP contribution in [0.2, 0.25) is 0 Å². The molecule has 5 nitrogen and oxygen atoms in total. The van der Waals surface area contributed by atoms with E-state index in [1.165, 1.54) is 6.07 Å². The SMILES string of the molecule is CN1CCCC(N(C)c2ccc(C(=O)O)cc2C#N)C1. The maximum atomic E-state index is 11.0. The number of carboxylic acid groups (broad SMARTS) is 1. The molecule has 1 aliphatic heterocycles. The van der Waals surface area contributed by atoms with Gasteiger partial charge in [0, 0.05) is 19.6 Å². The van der Waals surface area contributed by atoms with Crippen molar-refractivity contribution in [2.45, 2.75) is 18.9 Å². The van der Waals surface area contributed by atoms with Crippen LogP contribution in [0.25, 0.3) is 0 Å². The molecule has 1 aliphatic rings. The average molecular weight is 273 g/mol. The van der Waals surface area contributed by atoms with Gasteiger partial charge in [0.25, 0.3) is 0 Å². The van der Waals surface area contributed by atoms with Crippen molar-refractivity contribution in [2.75, 3.05) is 32.1 Å². The third-order valence-electron chi connectivity index (χ3n) is 3.89. The van der Waals surface area contributed by atoms with Crippen molar-refractivity contribution in [1.29, 1.82) is 5.26 Å². The van der Waals surface area contributed by atoms with Gasteiger partial charge in [0.05, 0.1) is 16.8 Å². The van der Waals surface area contributed by atoms with Crippen LogP contribution < -0.4 is 4.90 Å². The highest BCUT2D eigenvalue weighted by atomic mass is 16.4. The Kier molecular flexibility index (Phi) is 4.26. The van der Waals surface area contributed by atoms with E-state index in [1.54, 1.807) is 12.1 Å². The molecule has 0 bridgehead atoms. The Balaban J connectivity index is 2.27. The number of rotatable bonds is 3. The Bertz CT molecular complexity index is 551. The second-order valence-electron chi connectivity index (χ2n) is 5.32. The molecule has 1 aromatic rings. The molecule has 1 fully saturated rings. The number of benzene rings is 1. The first-order valence-corrected chi connectivity index (χ1v) is 6.71. The lowest BCUT2D eigenvalue weighted by atomic mass is 10.0. The minimum Gasteiger partial charge on any atom is -0.478 e. The second-order valence-corrected chi connectivity index (χ2v) is 5.32. The van der Waals surface area contributed by atoms with E-state index in [-0.39, 0.29) is 5.56 Å². The predicted molar refractivity (Wildman–Crippen MR) is 77.0 cm³/mol. The van der Waals surface area contributed by atoms with Gasteiger partial charge in [-0.2, -0.15) is 5.26 Å². The molecule has 1 saturated heterocycles. The third kappa shape index (κ3) is 2.91. The summed E-state index contributed by atoms with van der Waals surface area (Å²) in [6.07, 6.45) is 2.23. The molecular formula is C15H19N3O2. The van der Waals surface area contributed by atoms with E-state index in [4.69, 9.17) is 5.11 Å². The smallest absolute Gasteiger partial charge is 0.335 e. The lowest BCUT2D eigenvalue weighted by Crippen LogP contribution is -2.45. The van der Waals surface area contributed by atoms with Crippen molar-refractivity contribution >= 4 is 11.7 Å². The van der Waals surface area contributed by atoms with Crippen LogP contribution in [0.15, 0.2) is 18.2 Å². The summed E-state index contributed by atoms with van der Waals surface area (Å²) in [6, 6.07) is 7.20. The molecule has 5 heteroatoms. The number of nitriles is 1. The highest BCUT2D eigenvalue weighted by molar-refractivity contribution is 5.89. The van der Waals surface area contributed by atoms with Crippen LogP contribution in [-0.4, -0.2) is 49.2 Å². The molecule has 1 heterocycles. The largest absolute Gasteiger partial charge is 0.478 e. The number of aromatic carboxylic acids is 1. The van der Waals surface area contributed by atoms with Crippen LogP contribution in [0.1, 0.15) is 28.8 Å². The summed E-state index contributed by atoms with van der Waals surface area (Å²) < 4.78 is 0. The molecule has 1 aromatic carbocycles. The van der Waals surface area contributed by atoms with Gasteiger partial charge >= 0.3 is 5.97 Å². The fraction of sp³-hybridized carbons (Fsp3) is 0.467. The highest BCUT2D eigenvalue weighted by Crippen LogP contribution is 2.25. The zero-order valence-corrected chi connectivity index (χ0v) is 11.8. The maximum absolute atomic E-state index is 11.0. The van der Waals surface area contributed by atoms with Gasteiger partial charge < -0.3 is 14.9 Å². The van der Waals surface area contributed by atoms with E-state index >= 15 is 0 Å². The van der Waals surface area contributed by atoms with Crippen LogP contribution in [0.4, 0.5) is 5.69 Å². The standard InChI is InChI=1S/C15H19N3O2/c1-17-7-3-4-13(10-17)18(2)14-6-5-11(15(19)20)8-12(14)9-16/h5-6,8,13H,3-4,7,10H2,1-2H3,(H,19,20). The zero-order valence-electron chi connectivity index (χ0n) is 11.8. The van der Waals surface area contributed by atoms with Gasteiger partial charge in [-0.3, -0.25) is 0 Å². The molecule has 0 aromatic heterocycles. The fourth-order valence-corrected chi connectivity index (χ4v) is 2.72. The number of carboxylic acids is 1. The molecule has 0 aliphatic carbocycles. The van der Waals surface area contributed by atoms with Crippen LogP contribution >= 0.6 is 0 Å². The lowest BCUT2D eigenvalue weighted by molar-refractivity contribution is 0.0697. The van der Waals surface area contributed by atoms with Crippen molar-refractivity contribution in [3.05, 3.63) is 29.3 Å². The zero-order chi connectivity index (χ0) is 14.7. The normalized spacial score (nSPS) is 19.4. The number of piperidine rings is 1. The fourth-order valence-electron chi connectivity index (χ4n) is 2.72. The Morgan fingerprint density at radius 3 is 2.90 bits per heavy atom. The van der Waals surface area contributed by atoms with Crippen LogP contribution in [-0.2, 0) is 0 Å². The van der Waals surface area contributed by atoms with Gasteiger partial charge in [-0.25, -0.2) is 4.79 Å².